The largest absolute Gasteiger partial charge is 0.573 e. The quantitative estimate of drug-likeness (QED) is 0.601. The van der Waals surface area contributed by atoms with Gasteiger partial charge in [0.1, 0.15) is 5.75 Å². The van der Waals surface area contributed by atoms with Gasteiger partial charge in [0, 0.05) is 0 Å². The summed E-state index contributed by atoms with van der Waals surface area (Å²) in [6.07, 6.45) is -3.09. The summed E-state index contributed by atoms with van der Waals surface area (Å²) < 4.78 is 44.3. The molecule has 0 spiro atoms. The molecule has 0 atom stereocenters. The molecule has 0 saturated heterocycles. The smallest absolute Gasteiger partial charge is 0.462 e. The lowest BCUT2D eigenvalue weighted by Gasteiger charge is -2.09. The molecular weight excluding hydrogens is 249 g/mol. The molecule has 0 amide bonds. The number of carbonyl (C=O) groups excluding carboxylic acids is 1. The zero-order valence-electron chi connectivity index (χ0n) is 9.79. The molecule has 0 heterocycles. The number of hydrogen-bond donors (Lipinski definition) is 0. The Labute approximate surface area is 103 Å². The normalized spacial score (nSPS) is 11.1. The van der Waals surface area contributed by atoms with E-state index in [0.29, 0.717) is 6.61 Å². The molecule has 0 radical (unpaired) electrons. The first-order valence-electron chi connectivity index (χ1n) is 5.45. The highest BCUT2D eigenvalue weighted by molar-refractivity contribution is 5.89. The third-order valence-electron chi connectivity index (χ3n) is 2.05. The molecule has 0 fully saturated rings. The van der Waals surface area contributed by atoms with E-state index in [4.69, 9.17) is 4.74 Å². The zero-order valence-corrected chi connectivity index (χ0v) is 9.79. The predicted octanol–water partition coefficient (Wildman–Crippen LogP) is 3.54. The van der Waals surface area contributed by atoms with E-state index in [1.54, 1.807) is 0 Å². The van der Waals surface area contributed by atoms with Gasteiger partial charge in [0.25, 0.3) is 0 Å². The van der Waals surface area contributed by atoms with Gasteiger partial charge in [0.2, 0.25) is 0 Å². The van der Waals surface area contributed by atoms with Crippen LogP contribution in [0.1, 0.15) is 30.1 Å². The van der Waals surface area contributed by atoms with E-state index in [-0.39, 0.29) is 11.3 Å². The van der Waals surface area contributed by atoms with Gasteiger partial charge in [0.15, 0.2) is 0 Å². The van der Waals surface area contributed by atoms with Crippen LogP contribution in [0, 0.1) is 0 Å². The van der Waals surface area contributed by atoms with E-state index in [1.165, 1.54) is 12.1 Å². The van der Waals surface area contributed by atoms with Gasteiger partial charge in [0.05, 0.1) is 12.2 Å². The molecule has 6 heteroatoms. The Bertz CT molecular complexity index is 385. The number of ether oxygens (including phenoxy) is 2. The molecule has 18 heavy (non-hydrogen) atoms. The van der Waals surface area contributed by atoms with Crippen molar-refractivity contribution in [3.8, 4) is 5.75 Å². The van der Waals surface area contributed by atoms with Crippen molar-refractivity contribution >= 4 is 5.97 Å². The fourth-order valence-electron chi connectivity index (χ4n) is 1.19. The van der Waals surface area contributed by atoms with Crippen LogP contribution < -0.4 is 4.74 Å². The molecule has 1 aromatic carbocycles. The molecule has 1 rings (SSSR count). The fourth-order valence-corrected chi connectivity index (χ4v) is 1.19. The third-order valence-corrected chi connectivity index (χ3v) is 2.05. The average Bonchev–Trinajstić information content (AvgIpc) is 2.28. The molecule has 0 unspecified atom stereocenters. The Morgan fingerprint density at radius 1 is 1.22 bits per heavy atom. The van der Waals surface area contributed by atoms with E-state index in [9.17, 15) is 18.0 Å². The summed E-state index contributed by atoms with van der Waals surface area (Å²) in [5.41, 5.74) is 0.195. The molecule has 3 nitrogen and oxygen atoms in total. The summed E-state index contributed by atoms with van der Waals surface area (Å²) in [5, 5.41) is 0. The number of rotatable bonds is 5. The van der Waals surface area contributed by atoms with Crippen LogP contribution in [0.4, 0.5) is 13.2 Å². The number of esters is 1. The molecular formula is C12H13F3O3. The van der Waals surface area contributed by atoms with Crippen molar-refractivity contribution in [2.45, 2.75) is 26.1 Å². The minimum Gasteiger partial charge on any atom is -0.462 e. The summed E-state index contributed by atoms with van der Waals surface area (Å²) in [6.45, 7) is 2.26. The second kappa shape index (κ2) is 6.28. The molecule has 0 aliphatic heterocycles. The Hall–Kier alpha value is -1.72. The average molecular weight is 262 g/mol. The van der Waals surface area contributed by atoms with Gasteiger partial charge >= 0.3 is 12.3 Å². The van der Waals surface area contributed by atoms with E-state index in [1.807, 2.05) is 6.92 Å². The predicted molar refractivity (Wildman–Crippen MR) is 58.3 cm³/mol. The molecule has 0 aliphatic rings. The summed E-state index contributed by atoms with van der Waals surface area (Å²) >= 11 is 0. The molecule has 0 N–H and O–H groups in total. The van der Waals surface area contributed by atoms with E-state index < -0.39 is 12.3 Å². The van der Waals surface area contributed by atoms with Crippen molar-refractivity contribution in [1.82, 2.24) is 0 Å². The van der Waals surface area contributed by atoms with E-state index in [0.717, 1.165) is 25.0 Å². The van der Waals surface area contributed by atoms with Crippen LogP contribution in [0.3, 0.4) is 0 Å². The van der Waals surface area contributed by atoms with Crippen molar-refractivity contribution in [3.05, 3.63) is 29.8 Å². The monoisotopic (exact) mass is 262 g/mol. The van der Waals surface area contributed by atoms with Gasteiger partial charge in [-0.3, -0.25) is 0 Å². The van der Waals surface area contributed by atoms with Crippen molar-refractivity contribution in [2.75, 3.05) is 6.61 Å². The van der Waals surface area contributed by atoms with Gasteiger partial charge in [-0.05, 0) is 30.7 Å². The second-order valence-corrected chi connectivity index (χ2v) is 3.56. The first-order chi connectivity index (χ1) is 8.42. The highest BCUT2D eigenvalue weighted by Gasteiger charge is 2.31. The van der Waals surface area contributed by atoms with Crippen molar-refractivity contribution in [1.29, 1.82) is 0 Å². The van der Waals surface area contributed by atoms with E-state index in [2.05, 4.69) is 4.74 Å². The lowest BCUT2D eigenvalue weighted by Crippen LogP contribution is -2.17. The second-order valence-electron chi connectivity index (χ2n) is 3.56. The van der Waals surface area contributed by atoms with Gasteiger partial charge in [-0.1, -0.05) is 13.3 Å². The van der Waals surface area contributed by atoms with Crippen LogP contribution in [-0.4, -0.2) is 18.9 Å². The maximum absolute atomic E-state index is 11.9. The van der Waals surface area contributed by atoms with Gasteiger partial charge in [-0.15, -0.1) is 13.2 Å². The van der Waals surface area contributed by atoms with Crippen molar-refractivity contribution in [2.24, 2.45) is 0 Å². The third kappa shape index (κ3) is 5.07. The lowest BCUT2D eigenvalue weighted by atomic mass is 10.2. The van der Waals surface area contributed by atoms with Crippen molar-refractivity contribution < 1.29 is 27.4 Å². The SMILES string of the molecule is CCCCOC(=O)c1ccc(OC(F)(F)F)cc1. The minimum absolute atomic E-state index is 0.195. The maximum atomic E-state index is 11.9. The molecule has 1 aromatic rings. The summed E-state index contributed by atoms with van der Waals surface area (Å²) in [5.74, 6) is -0.922. The van der Waals surface area contributed by atoms with Crippen molar-refractivity contribution in [3.63, 3.8) is 0 Å². The Morgan fingerprint density at radius 2 is 1.83 bits per heavy atom. The van der Waals surface area contributed by atoms with Gasteiger partial charge in [-0.2, -0.15) is 0 Å². The van der Waals surface area contributed by atoms with E-state index >= 15 is 0 Å². The first-order valence-corrected chi connectivity index (χ1v) is 5.45. The van der Waals surface area contributed by atoms with Crippen LogP contribution in [0.2, 0.25) is 0 Å². The standard InChI is InChI=1S/C12H13F3O3/c1-2-3-8-17-11(16)9-4-6-10(7-5-9)18-12(13,14)15/h4-7H,2-3,8H2,1H3. The zero-order chi connectivity index (χ0) is 13.6. The number of hydrogen-bond acceptors (Lipinski definition) is 3. The Balaban J connectivity index is 2.57. The highest BCUT2D eigenvalue weighted by Crippen LogP contribution is 2.22. The van der Waals surface area contributed by atoms with Gasteiger partial charge in [-0.25, -0.2) is 4.79 Å². The Kier molecular flexibility index (Phi) is 5.00. The number of carbonyl (C=O) groups is 1. The van der Waals surface area contributed by atoms with Crippen LogP contribution in [0.5, 0.6) is 5.75 Å². The van der Waals surface area contributed by atoms with Crippen LogP contribution in [0.15, 0.2) is 24.3 Å². The number of alkyl halides is 3. The number of benzene rings is 1. The maximum Gasteiger partial charge on any atom is 0.573 e. The summed E-state index contributed by atoms with van der Waals surface area (Å²) in [6, 6.07) is 4.61. The lowest BCUT2D eigenvalue weighted by molar-refractivity contribution is -0.274. The molecule has 0 saturated carbocycles. The van der Waals surface area contributed by atoms with Crippen LogP contribution >= 0.6 is 0 Å². The Morgan fingerprint density at radius 3 is 2.33 bits per heavy atom. The summed E-state index contributed by atoms with van der Waals surface area (Å²) in [7, 11) is 0. The summed E-state index contributed by atoms with van der Waals surface area (Å²) in [4.78, 5) is 11.4. The number of unbranched alkanes of at least 4 members (excludes halogenated alkanes) is 1. The van der Waals surface area contributed by atoms with Crippen LogP contribution in [-0.2, 0) is 4.74 Å². The first kappa shape index (κ1) is 14.3. The highest BCUT2D eigenvalue weighted by atomic mass is 19.4. The van der Waals surface area contributed by atoms with Gasteiger partial charge < -0.3 is 9.47 Å². The molecule has 100 valence electrons. The molecule has 0 bridgehead atoms. The van der Waals surface area contributed by atoms with Crippen LogP contribution in [0.25, 0.3) is 0 Å². The topological polar surface area (TPSA) is 35.5 Å². The molecule has 0 aromatic heterocycles. The number of halogens is 3. The minimum atomic E-state index is -4.73. The molecule has 0 aliphatic carbocycles. The fraction of sp³-hybridized carbons (Fsp3) is 0.417.